The van der Waals surface area contributed by atoms with Crippen molar-refractivity contribution >= 4 is 6.09 Å². The molecule has 27 heavy (non-hydrogen) atoms. The molecule has 2 aromatic carbocycles. The van der Waals surface area contributed by atoms with Gasteiger partial charge in [-0.3, -0.25) is 0 Å². The summed E-state index contributed by atoms with van der Waals surface area (Å²) in [6.45, 7) is 1.08. The van der Waals surface area contributed by atoms with Crippen LogP contribution in [-0.2, 0) is 15.9 Å². The molecule has 1 heterocycles. The Labute approximate surface area is 158 Å². The second-order valence-electron chi connectivity index (χ2n) is 5.99. The Morgan fingerprint density at radius 2 is 1.70 bits per heavy atom. The highest BCUT2D eigenvalue weighted by atomic mass is 16.6. The number of amides is 1. The SMILES string of the molecule is COCCOC(=O)NCCc1ncc(-c2ccc(-c3ccccc3)cc2)[nH]1. The molecule has 0 atom stereocenters. The van der Waals surface area contributed by atoms with E-state index in [1.807, 2.05) is 24.4 Å². The number of methoxy groups -OCH3 is 1. The van der Waals surface area contributed by atoms with Crippen molar-refractivity contribution in [1.82, 2.24) is 15.3 Å². The molecule has 0 aliphatic heterocycles. The van der Waals surface area contributed by atoms with Gasteiger partial charge in [-0.25, -0.2) is 9.78 Å². The number of H-pyrrole nitrogens is 1. The number of nitrogens with zero attached hydrogens (tertiary/aromatic N) is 1. The van der Waals surface area contributed by atoms with Gasteiger partial charge in [-0.1, -0.05) is 54.6 Å². The van der Waals surface area contributed by atoms with Crippen molar-refractivity contribution in [2.75, 3.05) is 26.9 Å². The summed E-state index contributed by atoms with van der Waals surface area (Å²) in [5.41, 5.74) is 4.39. The molecule has 1 aromatic heterocycles. The third kappa shape index (κ3) is 5.43. The van der Waals surface area contributed by atoms with E-state index in [2.05, 4.69) is 51.7 Å². The van der Waals surface area contributed by atoms with Crippen molar-refractivity contribution < 1.29 is 14.3 Å². The summed E-state index contributed by atoms with van der Waals surface area (Å²) in [6, 6.07) is 18.6. The Bertz CT molecular complexity index is 845. The highest BCUT2D eigenvalue weighted by Gasteiger charge is 2.06. The van der Waals surface area contributed by atoms with Gasteiger partial charge in [0.15, 0.2) is 0 Å². The molecule has 0 saturated heterocycles. The molecule has 0 saturated carbocycles. The van der Waals surface area contributed by atoms with E-state index in [0.717, 1.165) is 17.1 Å². The minimum Gasteiger partial charge on any atom is -0.447 e. The van der Waals surface area contributed by atoms with Crippen molar-refractivity contribution in [3.05, 3.63) is 66.6 Å². The summed E-state index contributed by atoms with van der Waals surface area (Å²) in [6.07, 6.45) is 1.96. The van der Waals surface area contributed by atoms with Crippen molar-refractivity contribution in [1.29, 1.82) is 0 Å². The first kappa shape index (κ1) is 18.7. The predicted octanol–water partition coefficient (Wildman–Crippen LogP) is 3.66. The average molecular weight is 365 g/mol. The van der Waals surface area contributed by atoms with E-state index in [9.17, 15) is 4.79 Å². The van der Waals surface area contributed by atoms with Crippen LogP contribution in [0, 0.1) is 0 Å². The largest absolute Gasteiger partial charge is 0.447 e. The van der Waals surface area contributed by atoms with Crippen LogP contribution in [0.25, 0.3) is 22.4 Å². The molecule has 0 fully saturated rings. The second kappa shape index (κ2) is 9.54. The monoisotopic (exact) mass is 365 g/mol. The molecular formula is C21H23N3O3. The van der Waals surface area contributed by atoms with Crippen LogP contribution in [0.2, 0.25) is 0 Å². The third-order valence-corrected chi connectivity index (χ3v) is 4.08. The molecule has 0 aliphatic carbocycles. The molecule has 6 nitrogen and oxygen atoms in total. The Hall–Kier alpha value is -3.12. The number of carbonyl (C=O) groups is 1. The topological polar surface area (TPSA) is 76.2 Å². The van der Waals surface area contributed by atoms with Crippen LogP contribution < -0.4 is 5.32 Å². The van der Waals surface area contributed by atoms with Crippen molar-refractivity contribution in [2.24, 2.45) is 0 Å². The Balaban J connectivity index is 1.52. The summed E-state index contributed by atoms with van der Waals surface area (Å²) < 4.78 is 9.76. The van der Waals surface area contributed by atoms with Gasteiger partial charge in [0.25, 0.3) is 0 Å². The number of hydrogen-bond donors (Lipinski definition) is 2. The fourth-order valence-electron chi connectivity index (χ4n) is 2.66. The summed E-state index contributed by atoms with van der Waals surface area (Å²) in [5.74, 6) is 0.814. The lowest BCUT2D eigenvalue weighted by Crippen LogP contribution is -2.27. The smallest absolute Gasteiger partial charge is 0.407 e. The molecule has 6 heteroatoms. The van der Waals surface area contributed by atoms with Gasteiger partial charge in [-0.05, 0) is 16.7 Å². The molecule has 140 valence electrons. The zero-order chi connectivity index (χ0) is 18.9. The van der Waals surface area contributed by atoms with Crippen LogP contribution in [0.5, 0.6) is 0 Å². The predicted molar refractivity (Wildman–Crippen MR) is 104 cm³/mol. The highest BCUT2D eigenvalue weighted by Crippen LogP contribution is 2.23. The van der Waals surface area contributed by atoms with Crippen molar-refractivity contribution in [2.45, 2.75) is 6.42 Å². The molecular weight excluding hydrogens is 342 g/mol. The molecule has 0 bridgehead atoms. The van der Waals surface area contributed by atoms with Gasteiger partial charge >= 0.3 is 6.09 Å². The lowest BCUT2D eigenvalue weighted by Gasteiger charge is -2.05. The normalized spacial score (nSPS) is 10.6. The molecule has 0 radical (unpaired) electrons. The number of imidazole rings is 1. The van der Waals surface area contributed by atoms with Crippen LogP contribution in [0.4, 0.5) is 4.79 Å². The van der Waals surface area contributed by atoms with Crippen LogP contribution in [0.15, 0.2) is 60.8 Å². The molecule has 0 spiro atoms. The maximum absolute atomic E-state index is 11.5. The Morgan fingerprint density at radius 3 is 2.44 bits per heavy atom. The molecule has 0 unspecified atom stereocenters. The van der Waals surface area contributed by atoms with E-state index < -0.39 is 6.09 Å². The number of aromatic amines is 1. The zero-order valence-corrected chi connectivity index (χ0v) is 15.3. The van der Waals surface area contributed by atoms with Gasteiger partial charge in [0.2, 0.25) is 0 Å². The summed E-state index contributed by atoms with van der Waals surface area (Å²) in [4.78, 5) is 19.1. The molecule has 1 amide bonds. The number of aromatic nitrogens is 2. The second-order valence-corrected chi connectivity index (χ2v) is 5.99. The number of rotatable bonds is 8. The number of alkyl carbamates (subject to hydrolysis) is 1. The standard InChI is InChI=1S/C21H23N3O3/c1-26-13-14-27-21(25)22-12-11-20-23-15-19(24-20)18-9-7-17(8-10-18)16-5-3-2-4-6-16/h2-10,15H,11-14H2,1H3,(H,22,25)(H,23,24). The van der Waals surface area contributed by atoms with Crippen LogP contribution in [0.1, 0.15) is 5.82 Å². The first-order valence-electron chi connectivity index (χ1n) is 8.85. The summed E-state index contributed by atoms with van der Waals surface area (Å²) in [5, 5.41) is 2.69. The van der Waals surface area contributed by atoms with Crippen LogP contribution >= 0.6 is 0 Å². The van der Waals surface area contributed by atoms with Gasteiger partial charge < -0.3 is 19.8 Å². The fourth-order valence-corrected chi connectivity index (χ4v) is 2.66. The number of ether oxygens (including phenoxy) is 2. The van der Waals surface area contributed by atoms with Gasteiger partial charge in [0.1, 0.15) is 12.4 Å². The minimum absolute atomic E-state index is 0.242. The van der Waals surface area contributed by atoms with E-state index in [0.29, 0.717) is 19.6 Å². The highest BCUT2D eigenvalue weighted by molar-refractivity contribution is 5.68. The first-order chi connectivity index (χ1) is 13.3. The first-order valence-corrected chi connectivity index (χ1v) is 8.85. The van der Waals surface area contributed by atoms with Crippen molar-refractivity contribution in [3.8, 4) is 22.4 Å². The van der Waals surface area contributed by atoms with Crippen molar-refractivity contribution in [3.63, 3.8) is 0 Å². The van der Waals surface area contributed by atoms with E-state index in [1.165, 1.54) is 11.1 Å². The summed E-state index contributed by atoms with van der Waals surface area (Å²) in [7, 11) is 1.56. The van der Waals surface area contributed by atoms with Crippen LogP contribution in [-0.4, -0.2) is 42.9 Å². The Kier molecular flexibility index (Phi) is 6.60. The maximum atomic E-state index is 11.5. The minimum atomic E-state index is -0.449. The fraction of sp³-hybridized carbons (Fsp3) is 0.238. The van der Waals surface area contributed by atoms with Gasteiger partial charge in [-0.2, -0.15) is 0 Å². The summed E-state index contributed by atoms with van der Waals surface area (Å²) >= 11 is 0. The molecule has 3 rings (SSSR count). The zero-order valence-electron chi connectivity index (χ0n) is 15.3. The average Bonchev–Trinajstić information content (AvgIpc) is 3.18. The molecule has 2 N–H and O–H groups in total. The number of hydrogen-bond acceptors (Lipinski definition) is 4. The van der Waals surface area contributed by atoms with E-state index in [-0.39, 0.29) is 6.61 Å². The number of benzene rings is 2. The van der Waals surface area contributed by atoms with E-state index >= 15 is 0 Å². The van der Waals surface area contributed by atoms with E-state index in [1.54, 1.807) is 7.11 Å². The quantitative estimate of drug-likeness (QED) is 0.597. The van der Waals surface area contributed by atoms with Gasteiger partial charge in [0.05, 0.1) is 18.5 Å². The van der Waals surface area contributed by atoms with Gasteiger partial charge in [-0.15, -0.1) is 0 Å². The number of carbonyl (C=O) groups excluding carboxylic acids is 1. The Morgan fingerprint density at radius 1 is 1.00 bits per heavy atom. The lowest BCUT2D eigenvalue weighted by atomic mass is 10.0. The van der Waals surface area contributed by atoms with E-state index in [4.69, 9.17) is 9.47 Å². The molecule has 3 aromatic rings. The van der Waals surface area contributed by atoms with Gasteiger partial charge in [0, 0.05) is 20.1 Å². The van der Waals surface area contributed by atoms with Crippen LogP contribution in [0.3, 0.4) is 0 Å². The maximum Gasteiger partial charge on any atom is 0.407 e. The molecule has 0 aliphatic rings. The third-order valence-electron chi connectivity index (χ3n) is 4.08. The number of nitrogens with one attached hydrogen (secondary N) is 2. The lowest BCUT2D eigenvalue weighted by molar-refractivity contribution is 0.0986.